The minimum absolute atomic E-state index is 0.144. The summed E-state index contributed by atoms with van der Waals surface area (Å²) in [5.74, 6) is -2.14. The van der Waals surface area contributed by atoms with Crippen LogP contribution in [0.15, 0.2) is 0 Å². The summed E-state index contributed by atoms with van der Waals surface area (Å²) in [6, 6.07) is 0. The Bertz CT molecular complexity index is 656. The van der Waals surface area contributed by atoms with Crippen LogP contribution in [0.3, 0.4) is 0 Å². The van der Waals surface area contributed by atoms with Gasteiger partial charge in [0.15, 0.2) is 5.82 Å². The van der Waals surface area contributed by atoms with Gasteiger partial charge in [0.25, 0.3) is 0 Å². The number of aryl methyl sites for hydroxylation is 1. The maximum atomic E-state index is 12.8. The fraction of sp³-hybridized carbons (Fsp3) is 0.846. The number of nitrogens with zero attached hydrogens (tertiary/aromatic N) is 2. The van der Waals surface area contributed by atoms with E-state index in [1.165, 1.54) is 0 Å². The highest BCUT2D eigenvalue weighted by molar-refractivity contribution is 7.89. The summed E-state index contributed by atoms with van der Waals surface area (Å²) in [5, 5.41) is 6.79. The number of nitrogens with one attached hydrogen (secondary N) is 2. The van der Waals surface area contributed by atoms with Crippen molar-refractivity contribution < 1.29 is 21.9 Å². The molecule has 10 heteroatoms. The van der Waals surface area contributed by atoms with Gasteiger partial charge in [0.05, 0.1) is 11.9 Å². The summed E-state index contributed by atoms with van der Waals surface area (Å²) in [4.78, 5) is 4.21. The lowest BCUT2D eigenvalue weighted by atomic mass is 9.83. The van der Waals surface area contributed by atoms with Gasteiger partial charge in [0, 0.05) is 19.4 Å². The van der Waals surface area contributed by atoms with Gasteiger partial charge in [0.1, 0.15) is 11.9 Å². The van der Waals surface area contributed by atoms with Gasteiger partial charge in [-0.25, -0.2) is 26.9 Å². The fourth-order valence-corrected chi connectivity index (χ4v) is 4.46. The molecule has 2 atom stereocenters. The summed E-state index contributed by atoms with van der Waals surface area (Å²) in [6.45, 7) is 1.94. The molecule has 1 aromatic heterocycles. The van der Waals surface area contributed by atoms with Gasteiger partial charge in [-0.1, -0.05) is 0 Å². The summed E-state index contributed by atoms with van der Waals surface area (Å²) < 4.78 is 57.5. The molecule has 2 fully saturated rings. The molecule has 0 bridgehead atoms. The fourth-order valence-electron chi connectivity index (χ4n) is 3.04. The molecule has 1 aliphatic carbocycles. The molecule has 1 aliphatic heterocycles. The summed E-state index contributed by atoms with van der Waals surface area (Å²) >= 11 is 0. The Labute approximate surface area is 133 Å². The lowest BCUT2D eigenvalue weighted by Crippen LogP contribution is -2.43. The molecular weight excluding hydrogens is 330 g/mol. The first-order valence-corrected chi connectivity index (χ1v) is 9.27. The van der Waals surface area contributed by atoms with E-state index in [4.69, 9.17) is 4.74 Å². The Balaban J connectivity index is 1.44. The zero-order valence-corrected chi connectivity index (χ0v) is 13.6. The smallest absolute Gasteiger partial charge is 0.248 e. The first-order chi connectivity index (χ1) is 10.7. The third-order valence-electron chi connectivity index (χ3n) is 4.17. The van der Waals surface area contributed by atoms with Gasteiger partial charge in [-0.3, -0.25) is 5.10 Å². The molecule has 23 heavy (non-hydrogen) atoms. The SMILES string of the molecule is Cc1nc([C@@H]2CC[C@H](CNS(=O)(=O)CC3CC(F)(F)C3)O2)n[nH]1. The number of aromatic amines is 1. The second-order valence-electron chi connectivity index (χ2n) is 6.36. The minimum atomic E-state index is -3.56. The molecule has 7 nitrogen and oxygen atoms in total. The first kappa shape index (κ1) is 16.7. The van der Waals surface area contributed by atoms with Crippen LogP contribution in [0.2, 0.25) is 0 Å². The number of ether oxygens (including phenoxy) is 1. The summed E-state index contributed by atoms with van der Waals surface area (Å²) in [6.07, 6.45) is 0.234. The topological polar surface area (TPSA) is 97.0 Å². The molecule has 0 aromatic carbocycles. The third kappa shape index (κ3) is 4.24. The number of alkyl halides is 2. The lowest BCUT2D eigenvalue weighted by molar-refractivity contribution is -0.103. The van der Waals surface area contributed by atoms with Gasteiger partial charge in [-0.15, -0.1) is 0 Å². The van der Waals surface area contributed by atoms with Crippen molar-refractivity contribution in [3.05, 3.63) is 11.6 Å². The van der Waals surface area contributed by atoms with Crippen molar-refractivity contribution in [1.82, 2.24) is 19.9 Å². The average Bonchev–Trinajstić information content (AvgIpc) is 3.02. The van der Waals surface area contributed by atoms with E-state index in [0.29, 0.717) is 18.1 Å². The zero-order chi connectivity index (χ0) is 16.7. The molecule has 130 valence electrons. The normalized spacial score (nSPS) is 28.0. The zero-order valence-electron chi connectivity index (χ0n) is 12.8. The van der Waals surface area contributed by atoms with Gasteiger partial charge in [-0.05, 0) is 25.7 Å². The van der Waals surface area contributed by atoms with E-state index in [1.54, 1.807) is 6.92 Å². The minimum Gasteiger partial charge on any atom is -0.366 e. The van der Waals surface area contributed by atoms with Gasteiger partial charge in [-0.2, -0.15) is 5.10 Å². The Hall–Kier alpha value is -1.13. The second kappa shape index (κ2) is 6.06. The maximum Gasteiger partial charge on any atom is 0.248 e. The van der Waals surface area contributed by atoms with E-state index in [2.05, 4.69) is 19.9 Å². The number of sulfonamides is 1. The van der Waals surface area contributed by atoms with Crippen molar-refractivity contribution in [1.29, 1.82) is 0 Å². The van der Waals surface area contributed by atoms with Crippen molar-refractivity contribution in [3.63, 3.8) is 0 Å². The first-order valence-electron chi connectivity index (χ1n) is 7.62. The largest absolute Gasteiger partial charge is 0.366 e. The number of H-pyrrole nitrogens is 1. The van der Waals surface area contributed by atoms with Gasteiger partial charge >= 0.3 is 0 Å². The summed E-state index contributed by atoms with van der Waals surface area (Å²) in [7, 11) is -3.56. The molecule has 0 amide bonds. The molecule has 2 heterocycles. The van der Waals surface area contributed by atoms with E-state index in [0.717, 1.165) is 6.42 Å². The van der Waals surface area contributed by atoms with Crippen LogP contribution in [-0.4, -0.2) is 47.9 Å². The van der Waals surface area contributed by atoms with E-state index < -0.39 is 21.9 Å². The van der Waals surface area contributed by atoms with Crippen molar-refractivity contribution >= 4 is 10.0 Å². The number of rotatable bonds is 6. The number of aromatic nitrogens is 3. The van der Waals surface area contributed by atoms with Gasteiger partial charge in [0.2, 0.25) is 15.9 Å². The predicted molar refractivity (Wildman–Crippen MR) is 77.4 cm³/mol. The molecule has 1 aromatic rings. The molecule has 0 radical (unpaired) electrons. The van der Waals surface area contributed by atoms with Crippen LogP contribution in [0.1, 0.15) is 43.4 Å². The molecular formula is C13H20F2N4O3S. The van der Waals surface area contributed by atoms with Crippen molar-refractivity contribution in [2.45, 2.75) is 50.7 Å². The molecule has 2 N–H and O–H groups in total. The van der Waals surface area contributed by atoms with Crippen LogP contribution < -0.4 is 4.72 Å². The maximum absolute atomic E-state index is 12.8. The van der Waals surface area contributed by atoms with Crippen LogP contribution in [0.25, 0.3) is 0 Å². The van der Waals surface area contributed by atoms with E-state index in [9.17, 15) is 17.2 Å². The Morgan fingerprint density at radius 2 is 2.13 bits per heavy atom. The average molecular weight is 350 g/mol. The van der Waals surface area contributed by atoms with Crippen LogP contribution >= 0.6 is 0 Å². The monoisotopic (exact) mass is 350 g/mol. The molecule has 0 spiro atoms. The third-order valence-corrected chi connectivity index (χ3v) is 5.69. The Morgan fingerprint density at radius 3 is 2.74 bits per heavy atom. The van der Waals surface area contributed by atoms with Crippen molar-refractivity contribution in [3.8, 4) is 0 Å². The van der Waals surface area contributed by atoms with Gasteiger partial charge < -0.3 is 4.74 Å². The molecule has 0 unspecified atom stereocenters. The van der Waals surface area contributed by atoms with Crippen molar-refractivity contribution in [2.24, 2.45) is 5.92 Å². The van der Waals surface area contributed by atoms with Crippen LogP contribution in [0, 0.1) is 12.8 Å². The molecule has 1 saturated carbocycles. The van der Waals surface area contributed by atoms with Crippen LogP contribution in [-0.2, 0) is 14.8 Å². The number of hydrogen-bond donors (Lipinski definition) is 2. The molecule has 2 aliphatic rings. The standard InChI is InChI=1S/C13H20F2N4O3S/c1-8-17-12(19-18-8)11-3-2-10(22-11)6-16-23(20,21)7-9-4-13(14,15)5-9/h9-11,16H,2-7H2,1H3,(H,17,18,19)/t10-,11+/m1/s1. The number of hydrogen-bond acceptors (Lipinski definition) is 5. The van der Waals surface area contributed by atoms with E-state index in [-0.39, 0.29) is 37.3 Å². The van der Waals surface area contributed by atoms with Crippen LogP contribution in [0.5, 0.6) is 0 Å². The Kier molecular flexibility index (Phi) is 4.41. The highest BCUT2D eigenvalue weighted by Crippen LogP contribution is 2.42. The van der Waals surface area contributed by atoms with E-state index >= 15 is 0 Å². The number of halogens is 2. The quantitative estimate of drug-likeness (QED) is 0.806. The lowest BCUT2D eigenvalue weighted by Gasteiger charge is -2.34. The van der Waals surface area contributed by atoms with E-state index in [1.807, 2.05) is 0 Å². The second-order valence-corrected chi connectivity index (χ2v) is 8.21. The molecule has 3 rings (SSSR count). The highest BCUT2D eigenvalue weighted by atomic mass is 32.2. The summed E-state index contributed by atoms with van der Waals surface area (Å²) in [5.41, 5.74) is 0. The highest BCUT2D eigenvalue weighted by Gasteiger charge is 2.46. The van der Waals surface area contributed by atoms with Crippen LogP contribution in [0.4, 0.5) is 8.78 Å². The molecule has 1 saturated heterocycles. The predicted octanol–water partition coefficient (Wildman–Crippen LogP) is 1.30. The van der Waals surface area contributed by atoms with Crippen molar-refractivity contribution in [2.75, 3.05) is 12.3 Å². The Morgan fingerprint density at radius 1 is 1.39 bits per heavy atom.